The molecule has 2 N–H and O–H groups in total. The second-order valence-corrected chi connectivity index (χ2v) is 7.10. The van der Waals surface area contributed by atoms with Crippen LogP contribution in [0.2, 0.25) is 0 Å². The fourth-order valence-corrected chi connectivity index (χ4v) is 2.90. The van der Waals surface area contributed by atoms with Crippen molar-refractivity contribution in [3.63, 3.8) is 0 Å². The molecule has 3 rings (SSSR count). The minimum Gasteiger partial charge on any atom is -0.494 e. The number of benzene rings is 2. The van der Waals surface area contributed by atoms with Gasteiger partial charge in [0.25, 0.3) is 5.91 Å². The maximum absolute atomic E-state index is 11.9. The zero-order valence-electron chi connectivity index (χ0n) is 15.6. The fraction of sp³-hybridized carbons (Fsp3) is 0.238. The van der Waals surface area contributed by atoms with Gasteiger partial charge in [-0.3, -0.25) is 4.79 Å². The predicted octanol–water partition coefficient (Wildman–Crippen LogP) is 4.64. The highest BCUT2D eigenvalue weighted by Crippen LogP contribution is 2.21. The molecule has 0 atom stereocenters. The monoisotopic (exact) mass is 443 g/mol. The zero-order valence-corrected chi connectivity index (χ0v) is 17.2. The first-order valence-electron chi connectivity index (χ1n) is 9.10. The molecule has 0 aliphatic rings. The minimum atomic E-state index is -0.333. The molecule has 2 aromatic carbocycles. The molecule has 0 aliphatic carbocycles. The second-order valence-electron chi connectivity index (χ2n) is 6.19. The molecule has 0 spiro atoms. The van der Waals surface area contributed by atoms with Gasteiger partial charge in [-0.15, -0.1) is 0 Å². The Balaban J connectivity index is 1.46. The quantitative estimate of drug-likeness (QED) is 0.287. The van der Waals surface area contributed by atoms with E-state index in [1.54, 1.807) is 18.3 Å². The Kier molecular flexibility index (Phi) is 7.08. The highest BCUT2D eigenvalue weighted by atomic mass is 79.9. The van der Waals surface area contributed by atoms with E-state index in [1.807, 2.05) is 36.5 Å². The van der Waals surface area contributed by atoms with Gasteiger partial charge in [-0.2, -0.15) is 5.10 Å². The Hall–Kier alpha value is -2.80. The smallest absolute Gasteiger partial charge is 0.277 e. The molecule has 0 fully saturated rings. The number of nitrogens with one attached hydrogen (secondary N) is 2. The molecule has 0 saturated carbocycles. The molecule has 0 saturated heterocycles. The van der Waals surface area contributed by atoms with Gasteiger partial charge in [0.2, 0.25) is 0 Å². The van der Waals surface area contributed by atoms with Gasteiger partial charge in [0, 0.05) is 27.1 Å². The number of carbonyl (C=O) groups is 1. The summed E-state index contributed by atoms with van der Waals surface area (Å²) < 4.78 is 12.0. The Morgan fingerprint density at radius 1 is 1.18 bits per heavy atom. The topological polar surface area (TPSA) is 75.7 Å². The normalized spacial score (nSPS) is 11.1. The summed E-state index contributed by atoms with van der Waals surface area (Å²) in [7, 11) is 0. The SMILES string of the molecule is CCCCOc1ccc(OCC(=O)NN=Cc2c[nH]c3ccc(Br)cc23)cc1. The fourth-order valence-electron chi connectivity index (χ4n) is 2.54. The van der Waals surface area contributed by atoms with Crippen LogP contribution in [-0.4, -0.2) is 30.3 Å². The summed E-state index contributed by atoms with van der Waals surface area (Å²) in [5, 5.41) is 5.02. The highest BCUT2D eigenvalue weighted by molar-refractivity contribution is 9.10. The lowest BCUT2D eigenvalue weighted by atomic mass is 10.2. The van der Waals surface area contributed by atoms with E-state index in [-0.39, 0.29) is 12.5 Å². The molecule has 1 heterocycles. The number of carbonyl (C=O) groups excluding carboxylic acids is 1. The van der Waals surface area contributed by atoms with Crippen LogP contribution in [0, 0.1) is 0 Å². The summed E-state index contributed by atoms with van der Waals surface area (Å²) in [5.41, 5.74) is 4.36. The van der Waals surface area contributed by atoms with Crippen molar-refractivity contribution >= 4 is 39.0 Å². The lowest BCUT2D eigenvalue weighted by molar-refractivity contribution is -0.123. The number of hydrogen-bond acceptors (Lipinski definition) is 4. The van der Waals surface area contributed by atoms with Crippen LogP contribution in [-0.2, 0) is 4.79 Å². The predicted molar refractivity (Wildman–Crippen MR) is 114 cm³/mol. The third-order valence-electron chi connectivity index (χ3n) is 4.03. The molecule has 146 valence electrons. The molecule has 6 nitrogen and oxygen atoms in total. The standard InChI is InChI=1S/C21H22BrN3O3/c1-2-3-10-27-17-5-7-18(8-6-17)28-14-21(26)25-24-13-15-12-23-20-9-4-16(22)11-19(15)20/h4-9,11-13,23H,2-3,10,14H2,1H3,(H,25,26). The Morgan fingerprint density at radius 3 is 2.68 bits per heavy atom. The number of halogens is 1. The Bertz CT molecular complexity index is 951. The molecular formula is C21H22BrN3O3. The molecule has 3 aromatic rings. The van der Waals surface area contributed by atoms with Crippen LogP contribution < -0.4 is 14.9 Å². The molecule has 1 aromatic heterocycles. The van der Waals surface area contributed by atoms with Crippen molar-refractivity contribution in [3.05, 3.63) is 58.7 Å². The van der Waals surface area contributed by atoms with E-state index in [2.05, 4.69) is 38.4 Å². The average molecular weight is 444 g/mol. The summed E-state index contributed by atoms with van der Waals surface area (Å²) in [4.78, 5) is 15.1. The minimum absolute atomic E-state index is 0.118. The van der Waals surface area contributed by atoms with E-state index in [1.165, 1.54) is 0 Å². The molecule has 0 radical (unpaired) electrons. The number of hydrogen-bond donors (Lipinski definition) is 2. The van der Waals surface area contributed by atoms with Crippen molar-refractivity contribution in [1.29, 1.82) is 0 Å². The maximum atomic E-state index is 11.9. The van der Waals surface area contributed by atoms with Crippen LogP contribution in [0.3, 0.4) is 0 Å². The number of unbranched alkanes of at least 4 members (excludes halogenated alkanes) is 1. The highest BCUT2D eigenvalue weighted by Gasteiger charge is 2.04. The van der Waals surface area contributed by atoms with E-state index in [0.717, 1.165) is 39.5 Å². The summed E-state index contributed by atoms with van der Waals surface area (Å²) in [6, 6.07) is 13.1. The van der Waals surface area contributed by atoms with Crippen molar-refractivity contribution < 1.29 is 14.3 Å². The number of aromatic nitrogens is 1. The molecule has 0 unspecified atom stereocenters. The summed E-state index contributed by atoms with van der Waals surface area (Å²) in [6.45, 7) is 2.70. The lowest BCUT2D eigenvalue weighted by Gasteiger charge is -2.07. The van der Waals surface area contributed by atoms with Gasteiger partial charge >= 0.3 is 0 Å². The van der Waals surface area contributed by atoms with Crippen molar-refractivity contribution in [2.24, 2.45) is 5.10 Å². The van der Waals surface area contributed by atoms with E-state index in [9.17, 15) is 4.79 Å². The summed E-state index contributed by atoms with van der Waals surface area (Å²) >= 11 is 3.45. The molecule has 28 heavy (non-hydrogen) atoms. The van der Waals surface area contributed by atoms with Crippen LogP contribution in [0.25, 0.3) is 10.9 Å². The summed E-state index contributed by atoms with van der Waals surface area (Å²) in [6.07, 6.45) is 5.56. The van der Waals surface area contributed by atoms with Crippen molar-refractivity contribution in [2.75, 3.05) is 13.2 Å². The van der Waals surface area contributed by atoms with Crippen LogP contribution in [0.15, 0.2) is 58.2 Å². The van der Waals surface area contributed by atoms with Crippen molar-refractivity contribution in [3.8, 4) is 11.5 Å². The van der Waals surface area contributed by atoms with Gasteiger partial charge in [0.15, 0.2) is 6.61 Å². The molecule has 7 heteroatoms. The van der Waals surface area contributed by atoms with Crippen LogP contribution >= 0.6 is 15.9 Å². The van der Waals surface area contributed by atoms with E-state index in [4.69, 9.17) is 9.47 Å². The number of nitrogens with zero attached hydrogens (tertiary/aromatic N) is 1. The van der Waals surface area contributed by atoms with Crippen molar-refractivity contribution in [1.82, 2.24) is 10.4 Å². The first kappa shape index (κ1) is 19.9. The van der Waals surface area contributed by atoms with Crippen LogP contribution in [0.1, 0.15) is 25.3 Å². The van der Waals surface area contributed by atoms with Gasteiger partial charge < -0.3 is 14.5 Å². The van der Waals surface area contributed by atoms with E-state index < -0.39 is 0 Å². The van der Waals surface area contributed by atoms with Gasteiger partial charge in [0.05, 0.1) is 12.8 Å². The number of fused-ring (bicyclic) bond motifs is 1. The number of hydrazone groups is 1. The summed E-state index contributed by atoms with van der Waals surface area (Å²) in [5.74, 6) is 1.06. The van der Waals surface area contributed by atoms with Crippen LogP contribution in [0.5, 0.6) is 11.5 Å². The Morgan fingerprint density at radius 2 is 1.93 bits per heavy atom. The average Bonchev–Trinajstić information content (AvgIpc) is 3.10. The van der Waals surface area contributed by atoms with E-state index >= 15 is 0 Å². The maximum Gasteiger partial charge on any atom is 0.277 e. The molecule has 0 aliphatic heterocycles. The molecular weight excluding hydrogens is 422 g/mol. The third-order valence-corrected chi connectivity index (χ3v) is 4.52. The first-order chi connectivity index (χ1) is 13.7. The van der Waals surface area contributed by atoms with E-state index in [0.29, 0.717) is 12.4 Å². The Labute approximate surface area is 172 Å². The molecule has 0 bridgehead atoms. The lowest BCUT2D eigenvalue weighted by Crippen LogP contribution is -2.24. The van der Waals surface area contributed by atoms with Crippen molar-refractivity contribution in [2.45, 2.75) is 19.8 Å². The number of amides is 1. The van der Waals surface area contributed by atoms with Gasteiger partial charge in [-0.05, 0) is 48.9 Å². The third kappa shape index (κ3) is 5.60. The zero-order chi connectivity index (χ0) is 19.8. The number of rotatable bonds is 9. The molecule has 1 amide bonds. The second kappa shape index (κ2) is 9.94. The number of H-pyrrole nitrogens is 1. The van der Waals surface area contributed by atoms with Gasteiger partial charge in [-0.1, -0.05) is 29.3 Å². The van der Waals surface area contributed by atoms with Gasteiger partial charge in [-0.25, -0.2) is 5.43 Å². The van der Waals surface area contributed by atoms with Gasteiger partial charge in [0.1, 0.15) is 11.5 Å². The number of ether oxygens (including phenoxy) is 2. The largest absolute Gasteiger partial charge is 0.494 e. The van der Waals surface area contributed by atoms with Crippen LogP contribution in [0.4, 0.5) is 0 Å². The number of aromatic amines is 1. The first-order valence-corrected chi connectivity index (χ1v) is 9.89.